The molecule has 21 heavy (non-hydrogen) atoms. The molecule has 0 aliphatic rings. The summed E-state index contributed by atoms with van der Waals surface area (Å²) < 4.78 is 5.13. The molecule has 0 aliphatic heterocycles. The van der Waals surface area contributed by atoms with Crippen molar-refractivity contribution in [1.29, 1.82) is 0 Å². The number of carbonyl (C=O) groups excluding carboxylic acids is 1. The van der Waals surface area contributed by atoms with E-state index in [1.807, 2.05) is 38.1 Å². The summed E-state index contributed by atoms with van der Waals surface area (Å²) in [6, 6.07) is 14.2. The third kappa shape index (κ3) is 4.24. The van der Waals surface area contributed by atoms with Gasteiger partial charge in [-0.25, -0.2) is 4.79 Å². The van der Waals surface area contributed by atoms with E-state index in [-0.39, 0.29) is 17.8 Å². The number of aromatic hydroxyl groups is 1. The highest BCUT2D eigenvalue weighted by Gasteiger charge is 2.08. The first-order valence-corrected chi connectivity index (χ1v) is 6.88. The topological polar surface area (TPSA) is 58.6 Å². The van der Waals surface area contributed by atoms with Crippen LogP contribution in [-0.2, 0) is 11.3 Å². The standard InChI is InChI=1S/C17H19NO3/c1-12(2)21-17(20)13-7-9-15(10-8-13)18-11-14-5-3-4-6-16(14)19/h3-10,12,18-19H,11H2,1-2H3. The summed E-state index contributed by atoms with van der Waals surface area (Å²) in [5.74, 6) is -0.0561. The van der Waals surface area contributed by atoms with Gasteiger partial charge in [-0.2, -0.15) is 0 Å². The van der Waals surface area contributed by atoms with Crippen LogP contribution in [0.5, 0.6) is 5.75 Å². The maximum atomic E-state index is 11.7. The third-order valence-corrected chi connectivity index (χ3v) is 2.94. The average Bonchev–Trinajstić information content (AvgIpc) is 2.46. The van der Waals surface area contributed by atoms with Crippen molar-refractivity contribution in [2.45, 2.75) is 26.5 Å². The van der Waals surface area contributed by atoms with Crippen molar-refractivity contribution in [3.8, 4) is 5.75 Å². The van der Waals surface area contributed by atoms with Crippen molar-refractivity contribution >= 4 is 11.7 Å². The summed E-state index contributed by atoms with van der Waals surface area (Å²) in [6.45, 7) is 4.16. The first-order chi connectivity index (χ1) is 10.1. The third-order valence-electron chi connectivity index (χ3n) is 2.94. The van der Waals surface area contributed by atoms with Gasteiger partial charge in [0, 0.05) is 17.8 Å². The molecular weight excluding hydrogens is 266 g/mol. The molecule has 0 saturated carbocycles. The van der Waals surface area contributed by atoms with Gasteiger partial charge in [-0.05, 0) is 44.2 Å². The van der Waals surface area contributed by atoms with Crippen LogP contribution in [0.2, 0.25) is 0 Å². The molecule has 0 aromatic heterocycles. The molecule has 110 valence electrons. The van der Waals surface area contributed by atoms with Crippen LogP contribution >= 0.6 is 0 Å². The summed E-state index contributed by atoms with van der Waals surface area (Å²) in [5, 5.41) is 12.9. The largest absolute Gasteiger partial charge is 0.508 e. The highest BCUT2D eigenvalue weighted by atomic mass is 16.5. The lowest BCUT2D eigenvalue weighted by molar-refractivity contribution is 0.0378. The lowest BCUT2D eigenvalue weighted by Gasteiger charge is -2.10. The van der Waals surface area contributed by atoms with Gasteiger partial charge < -0.3 is 15.2 Å². The second-order valence-corrected chi connectivity index (χ2v) is 5.01. The Morgan fingerprint density at radius 2 is 1.81 bits per heavy atom. The number of anilines is 1. The minimum atomic E-state index is -0.322. The van der Waals surface area contributed by atoms with Crippen LogP contribution in [0.3, 0.4) is 0 Å². The fourth-order valence-electron chi connectivity index (χ4n) is 1.86. The Kier molecular flexibility index (Phi) is 4.82. The monoisotopic (exact) mass is 285 g/mol. The Hall–Kier alpha value is -2.49. The molecule has 2 N–H and O–H groups in total. The number of nitrogens with one attached hydrogen (secondary N) is 1. The van der Waals surface area contributed by atoms with E-state index in [0.29, 0.717) is 12.1 Å². The first-order valence-electron chi connectivity index (χ1n) is 6.88. The van der Waals surface area contributed by atoms with Gasteiger partial charge in [-0.1, -0.05) is 18.2 Å². The van der Waals surface area contributed by atoms with Crippen LogP contribution in [0.15, 0.2) is 48.5 Å². The Bertz CT molecular complexity index is 606. The summed E-state index contributed by atoms with van der Waals surface area (Å²) in [4.78, 5) is 11.7. The van der Waals surface area contributed by atoms with Crippen molar-refractivity contribution < 1.29 is 14.6 Å². The normalized spacial score (nSPS) is 10.4. The molecule has 4 nitrogen and oxygen atoms in total. The summed E-state index contributed by atoms with van der Waals surface area (Å²) >= 11 is 0. The molecule has 0 heterocycles. The van der Waals surface area contributed by atoms with E-state index in [1.54, 1.807) is 24.3 Å². The zero-order valence-electron chi connectivity index (χ0n) is 12.2. The highest BCUT2D eigenvalue weighted by molar-refractivity contribution is 5.89. The first kappa shape index (κ1) is 14.9. The van der Waals surface area contributed by atoms with Crippen molar-refractivity contribution in [3.05, 3.63) is 59.7 Å². The quantitative estimate of drug-likeness (QED) is 0.825. The number of ether oxygens (including phenoxy) is 1. The maximum Gasteiger partial charge on any atom is 0.338 e. The molecule has 2 aromatic carbocycles. The van der Waals surface area contributed by atoms with E-state index in [2.05, 4.69) is 5.32 Å². The molecule has 2 rings (SSSR count). The lowest BCUT2D eigenvalue weighted by Crippen LogP contribution is -2.11. The zero-order chi connectivity index (χ0) is 15.2. The van der Waals surface area contributed by atoms with Crippen LogP contribution in [0.4, 0.5) is 5.69 Å². The molecule has 0 atom stereocenters. The predicted molar refractivity (Wildman–Crippen MR) is 82.4 cm³/mol. The molecule has 0 fully saturated rings. The second-order valence-electron chi connectivity index (χ2n) is 5.01. The molecule has 0 bridgehead atoms. The smallest absolute Gasteiger partial charge is 0.338 e. The van der Waals surface area contributed by atoms with Crippen LogP contribution in [0.1, 0.15) is 29.8 Å². The summed E-state index contributed by atoms with van der Waals surface area (Å²) in [6.07, 6.45) is -0.128. The molecule has 0 radical (unpaired) electrons. The molecule has 2 aromatic rings. The number of rotatable bonds is 5. The minimum Gasteiger partial charge on any atom is -0.508 e. The molecule has 0 saturated heterocycles. The van der Waals surface area contributed by atoms with Crippen molar-refractivity contribution in [2.24, 2.45) is 0 Å². The van der Waals surface area contributed by atoms with E-state index in [9.17, 15) is 9.90 Å². The molecule has 0 unspecified atom stereocenters. The number of hydrogen-bond acceptors (Lipinski definition) is 4. The second kappa shape index (κ2) is 6.79. The van der Waals surface area contributed by atoms with Crippen molar-refractivity contribution in [3.63, 3.8) is 0 Å². The van der Waals surface area contributed by atoms with Crippen LogP contribution in [0, 0.1) is 0 Å². The molecule has 0 spiro atoms. The molecule has 0 aliphatic carbocycles. The summed E-state index contributed by atoms with van der Waals surface area (Å²) in [5.41, 5.74) is 2.22. The number of carbonyl (C=O) groups is 1. The van der Waals surface area contributed by atoms with Gasteiger partial charge in [0.2, 0.25) is 0 Å². The van der Waals surface area contributed by atoms with E-state index >= 15 is 0 Å². The van der Waals surface area contributed by atoms with Crippen molar-refractivity contribution in [2.75, 3.05) is 5.32 Å². The van der Waals surface area contributed by atoms with E-state index in [1.165, 1.54) is 0 Å². The number of phenols is 1. The SMILES string of the molecule is CC(C)OC(=O)c1ccc(NCc2ccccc2O)cc1. The number of esters is 1. The van der Waals surface area contributed by atoms with Crippen molar-refractivity contribution in [1.82, 2.24) is 0 Å². The maximum absolute atomic E-state index is 11.7. The number of benzene rings is 2. The van der Waals surface area contributed by atoms with Crippen LogP contribution in [0.25, 0.3) is 0 Å². The molecule has 4 heteroatoms. The Morgan fingerprint density at radius 3 is 2.43 bits per heavy atom. The number of phenolic OH excluding ortho intramolecular Hbond substituents is 1. The Morgan fingerprint density at radius 1 is 1.14 bits per heavy atom. The van der Waals surface area contributed by atoms with Gasteiger partial charge in [0.25, 0.3) is 0 Å². The van der Waals surface area contributed by atoms with E-state index in [4.69, 9.17) is 4.74 Å². The van der Waals surface area contributed by atoms with Gasteiger partial charge in [-0.15, -0.1) is 0 Å². The fraction of sp³-hybridized carbons (Fsp3) is 0.235. The average molecular weight is 285 g/mol. The van der Waals surface area contributed by atoms with Gasteiger partial charge in [0.1, 0.15) is 5.75 Å². The molecular formula is C17H19NO3. The van der Waals surface area contributed by atoms with Crippen LogP contribution in [-0.4, -0.2) is 17.2 Å². The van der Waals surface area contributed by atoms with E-state index in [0.717, 1.165) is 11.3 Å². The van der Waals surface area contributed by atoms with Gasteiger partial charge in [0.05, 0.1) is 11.7 Å². The fourth-order valence-corrected chi connectivity index (χ4v) is 1.86. The highest BCUT2D eigenvalue weighted by Crippen LogP contribution is 2.18. The number of para-hydroxylation sites is 1. The predicted octanol–water partition coefficient (Wildman–Crippen LogP) is 3.57. The molecule has 0 amide bonds. The lowest BCUT2D eigenvalue weighted by atomic mass is 10.2. The van der Waals surface area contributed by atoms with Gasteiger partial charge in [0.15, 0.2) is 0 Å². The van der Waals surface area contributed by atoms with E-state index < -0.39 is 0 Å². The Balaban J connectivity index is 1.97. The minimum absolute atomic E-state index is 0.128. The zero-order valence-corrected chi connectivity index (χ0v) is 12.2. The van der Waals surface area contributed by atoms with Gasteiger partial charge >= 0.3 is 5.97 Å². The van der Waals surface area contributed by atoms with Crippen LogP contribution < -0.4 is 5.32 Å². The Labute approximate surface area is 124 Å². The summed E-state index contributed by atoms with van der Waals surface area (Å²) in [7, 11) is 0. The number of hydrogen-bond donors (Lipinski definition) is 2. The van der Waals surface area contributed by atoms with Gasteiger partial charge in [-0.3, -0.25) is 0 Å².